The van der Waals surface area contributed by atoms with E-state index in [1.165, 1.54) is 11.1 Å². The number of halogens is 1. The fraction of sp³-hybridized carbons (Fsp3) is 0.533. The van der Waals surface area contributed by atoms with Crippen molar-refractivity contribution in [2.24, 2.45) is 0 Å². The molecule has 1 aromatic carbocycles. The Labute approximate surface area is 115 Å². The lowest BCUT2D eigenvalue weighted by Gasteiger charge is -2.05. The Morgan fingerprint density at radius 3 is 2.11 bits per heavy atom. The van der Waals surface area contributed by atoms with Crippen LogP contribution in [0.25, 0.3) is 0 Å². The highest BCUT2D eigenvalue weighted by Gasteiger charge is 1.97. The first-order valence-electron chi connectivity index (χ1n) is 6.60. The number of amides is 1. The monoisotopic (exact) mass is 267 g/mol. The average Bonchev–Trinajstić information content (AvgIpc) is 2.36. The van der Waals surface area contributed by atoms with E-state index < -0.39 is 0 Å². The highest BCUT2D eigenvalue weighted by Crippen LogP contribution is 2.09. The number of hydrogen-bond donors (Lipinski definition) is 1. The molecule has 0 spiro atoms. The van der Waals surface area contributed by atoms with Crippen LogP contribution in [0, 0.1) is 0 Å². The van der Waals surface area contributed by atoms with Crippen molar-refractivity contribution in [3.05, 3.63) is 35.4 Å². The van der Waals surface area contributed by atoms with E-state index in [0.29, 0.717) is 0 Å². The van der Waals surface area contributed by atoms with Gasteiger partial charge in [0.2, 0.25) is 5.91 Å². The van der Waals surface area contributed by atoms with Gasteiger partial charge in [-0.25, -0.2) is 0 Å². The highest BCUT2D eigenvalue weighted by molar-refractivity contribution is 6.17. The van der Waals surface area contributed by atoms with Gasteiger partial charge in [-0.15, -0.1) is 11.6 Å². The number of hydrogen-bond acceptors (Lipinski definition) is 1. The number of benzene rings is 1. The normalized spacial score (nSPS) is 10.3. The van der Waals surface area contributed by atoms with Crippen molar-refractivity contribution in [3.8, 4) is 0 Å². The molecule has 0 unspecified atom stereocenters. The Bertz CT molecular complexity index is 348. The molecule has 0 saturated carbocycles. The Hall–Kier alpha value is -1.02. The molecule has 0 aromatic heterocycles. The molecular weight excluding hydrogens is 246 g/mol. The topological polar surface area (TPSA) is 29.1 Å². The second-order valence-corrected chi connectivity index (χ2v) is 4.93. The van der Waals surface area contributed by atoms with Gasteiger partial charge in [0.05, 0.1) is 0 Å². The Morgan fingerprint density at radius 2 is 1.61 bits per heavy atom. The van der Waals surface area contributed by atoms with E-state index in [1.807, 2.05) is 0 Å². The maximum absolute atomic E-state index is 10.7. The second-order valence-electron chi connectivity index (χ2n) is 4.55. The molecule has 0 bridgehead atoms. The minimum atomic E-state index is 0.0460. The fourth-order valence-corrected chi connectivity index (χ4v) is 2.04. The van der Waals surface area contributed by atoms with Crippen molar-refractivity contribution in [1.82, 2.24) is 5.32 Å². The molecule has 3 heteroatoms. The van der Waals surface area contributed by atoms with Gasteiger partial charge >= 0.3 is 0 Å². The maximum atomic E-state index is 10.7. The van der Waals surface area contributed by atoms with Crippen molar-refractivity contribution in [3.63, 3.8) is 0 Å². The molecule has 1 amide bonds. The second kappa shape index (κ2) is 8.98. The van der Waals surface area contributed by atoms with E-state index in [4.69, 9.17) is 11.6 Å². The van der Waals surface area contributed by atoms with Crippen LogP contribution in [0.4, 0.5) is 0 Å². The largest absolute Gasteiger partial charge is 0.356 e. The maximum Gasteiger partial charge on any atom is 0.216 e. The van der Waals surface area contributed by atoms with Crippen LogP contribution in [-0.4, -0.2) is 18.3 Å². The van der Waals surface area contributed by atoms with E-state index in [0.717, 1.165) is 44.5 Å². The summed E-state index contributed by atoms with van der Waals surface area (Å²) in [6, 6.07) is 8.76. The summed E-state index contributed by atoms with van der Waals surface area (Å²) in [5.74, 6) is 0.797. The highest BCUT2D eigenvalue weighted by atomic mass is 35.5. The van der Waals surface area contributed by atoms with Gasteiger partial charge in [-0.05, 0) is 43.2 Å². The standard InChI is InChI=1S/C15H22ClNO/c1-13(18)17-12-4-6-15-9-7-14(8-10-15)5-2-3-11-16/h7-10H,2-6,11-12H2,1H3,(H,17,18). The van der Waals surface area contributed by atoms with Crippen LogP contribution in [0.2, 0.25) is 0 Å². The molecule has 100 valence electrons. The van der Waals surface area contributed by atoms with Gasteiger partial charge in [0.1, 0.15) is 0 Å². The number of alkyl halides is 1. The van der Waals surface area contributed by atoms with Gasteiger partial charge in [-0.2, -0.15) is 0 Å². The number of nitrogens with one attached hydrogen (secondary N) is 1. The predicted octanol–water partition coefficient (Wildman–Crippen LogP) is 3.32. The molecule has 0 aliphatic rings. The van der Waals surface area contributed by atoms with Gasteiger partial charge < -0.3 is 5.32 Å². The van der Waals surface area contributed by atoms with Crippen LogP contribution in [0.15, 0.2) is 24.3 Å². The molecule has 0 saturated heterocycles. The van der Waals surface area contributed by atoms with Crippen molar-refractivity contribution >= 4 is 17.5 Å². The van der Waals surface area contributed by atoms with E-state index in [-0.39, 0.29) is 5.91 Å². The molecule has 0 radical (unpaired) electrons. The molecular formula is C15H22ClNO. The number of carbonyl (C=O) groups is 1. The van der Waals surface area contributed by atoms with E-state index in [9.17, 15) is 4.79 Å². The summed E-state index contributed by atoms with van der Waals surface area (Å²) in [7, 11) is 0. The Kier molecular flexibility index (Phi) is 7.51. The number of rotatable bonds is 8. The lowest BCUT2D eigenvalue weighted by Crippen LogP contribution is -2.21. The molecule has 0 aliphatic heterocycles. The van der Waals surface area contributed by atoms with Crippen LogP contribution in [0.5, 0.6) is 0 Å². The third kappa shape index (κ3) is 6.65. The van der Waals surface area contributed by atoms with Crippen molar-refractivity contribution in [1.29, 1.82) is 0 Å². The summed E-state index contributed by atoms with van der Waals surface area (Å²) in [5.41, 5.74) is 2.71. The number of unbranched alkanes of at least 4 members (excludes halogenated alkanes) is 1. The summed E-state index contributed by atoms with van der Waals surface area (Å²) < 4.78 is 0. The molecule has 2 nitrogen and oxygen atoms in total. The first kappa shape index (κ1) is 15.0. The first-order chi connectivity index (χ1) is 8.72. The third-order valence-electron chi connectivity index (χ3n) is 2.89. The van der Waals surface area contributed by atoms with E-state index in [1.54, 1.807) is 6.92 Å². The minimum absolute atomic E-state index is 0.0460. The van der Waals surface area contributed by atoms with Crippen LogP contribution in [0.1, 0.15) is 37.3 Å². The SMILES string of the molecule is CC(=O)NCCCc1ccc(CCCCCl)cc1. The van der Waals surface area contributed by atoms with Crippen LogP contribution >= 0.6 is 11.6 Å². The Balaban J connectivity index is 2.25. The fourth-order valence-electron chi connectivity index (χ4n) is 1.85. The smallest absolute Gasteiger partial charge is 0.216 e. The van der Waals surface area contributed by atoms with Gasteiger partial charge in [0.15, 0.2) is 0 Å². The molecule has 0 heterocycles. The predicted molar refractivity (Wildman–Crippen MR) is 77.1 cm³/mol. The molecule has 1 N–H and O–H groups in total. The minimum Gasteiger partial charge on any atom is -0.356 e. The first-order valence-corrected chi connectivity index (χ1v) is 7.14. The summed E-state index contributed by atoms with van der Waals surface area (Å²) in [4.78, 5) is 10.7. The van der Waals surface area contributed by atoms with Gasteiger partial charge in [-0.1, -0.05) is 24.3 Å². The molecule has 0 aliphatic carbocycles. The van der Waals surface area contributed by atoms with Crippen LogP contribution < -0.4 is 5.32 Å². The lowest BCUT2D eigenvalue weighted by atomic mass is 10.0. The van der Waals surface area contributed by atoms with E-state index in [2.05, 4.69) is 29.6 Å². The van der Waals surface area contributed by atoms with Crippen molar-refractivity contribution in [2.45, 2.75) is 39.0 Å². The van der Waals surface area contributed by atoms with Crippen molar-refractivity contribution < 1.29 is 4.79 Å². The van der Waals surface area contributed by atoms with Gasteiger partial charge in [0, 0.05) is 19.3 Å². The molecule has 0 atom stereocenters. The zero-order valence-electron chi connectivity index (χ0n) is 11.0. The molecule has 0 fully saturated rings. The number of carbonyl (C=O) groups excluding carboxylic acids is 1. The summed E-state index contributed by atoms with van der Waals surface area (Å²) in [5, 5.41) is 2.81. The van der Waals surface area contributed by atoms with Gasteiger partial charge in [0.25, 0.3) is 0 Å². The average molecular weight is 268 g/mol. The lowest BCUT2D eigenvalue weighted by molar-refractivity contribution is -0.118. The van der Waals surface area contributed by atoms with Crippen LogP contribution in [0.3, 0.4) is 0 Å². The third-order valence-corrected chi connectivity index (χ3v) is 3.16. The summed E-state index contributed by atoms with van der Waals surface area (Å²) >= 11 is 5.66. The molecule has 1 aromatic rings. The summed E-state index contributed by atoms with van der Waals surface area (Å²) in [6.45, 7) is 2.31. The quantitative estimate of drug-likeness (QED) is 0.568. The number of aryl methyl sites for hydroxylation is 2. The Morgan fingerprint density at radius 1 is 1.06 bits per heavy atom. The molecule has 1 rings (SSSR count). The van der Waals surface area contributed by atoms with Crippen molar-refractivity contribution in [2.75, 3.05) is 12.4 Å². The zero-order chi connectivity index (χ0) is 13.2. The summed E-state index contributed by atoms with van der Waals surface area (Å²) in [6.07, 6.45) is 5.36. The molecule has 18 heavy (non-hydrogen) atoms. The van der Waals surface area contributed by atoms with Gasteiger partial charge in [-0.3, -0.25) is 4.79 Å². The van der Waals surface area contributed by atoms with E-state index >= 15 is 0 Å². The zero-order valence-corrected chi connectivity index (χ0v) is 11.8. The van der Waals surface area contributed by atoms with Crippen LogP contribution in [-0.2, 0) is 17.6 Å².